The summed E-state index contributed by atoms with van der Waals surface area (Å²) in [4.78, 5) is 9.33. The summed E-state index contributed by atoms with van der Waals surface area (Å²) in [5, 5.41) is 11.5. The molecule has 0 spiro atoms. The Balaban J connectivity index is 0.00000364. The fourth-order valence-electron chi connectivity index (χ4n) is 3.55. The molecule has 1 aliphatic heterocycles. The Bertz CT molecular complexity index is 599. The van der Waals surface area contributed by atoms with Gasteiger partial charge < -0.3 is 20.4 Å². The first-order valence-corrected chi connectivity index (χ1v) is 9.77. The Morgan fingerprint density at radius 2 is 1.93 bits per heavy atom. The fourth-order valence-corrected chi connectivity index (χ4v) is 3.55. The smallest absolute Gasteiger partial charge is 0.191 e. The Morgan fingerprint density at radius 1 is 1.19 bits per heavy atom. The topological polar surface area (TPSA) is 60.7 Å². The Morgan fingerprint density at radius 3 is 2.56 bits per heavy atom. The molecule has 2 rings (SSSR count). The number of aryl methyl sites for hydroxylation is 2. The number of guanidine groups is 1. The van der Waals surface area contributed by atoms with Gasteiger partial charge in [-0.05, 0) is 59.3 Å². The van der Waals surface area contributed by atoms with Gasteiger partial charge in [0.1, 0.15) is 0 Å². The molecule has 2 N–H and O–H groups in total. The van der Waals surface area contributed by atoms with Gasteiger partial charge in [0.2, 0.25) is 0 Å². The third-order valence-corrected chi connectivity index (χ3v) is 5.31. The normalized spacial score (nSPS) is 17.9. The van der Waals surface area contributed by atoms with Gasteiger partial charge in [-0.15, -0.1) is 24.0 Å². The van der Waals surface area contributed by atoms with Crippen LogP contribution >= 0.6 is 24.0 Å². The van der Waals surface area contributed by atoms with Crippen LogP contribution in [0.2, 0.25) is 0 Å². The number of hydrogen-bond acceptors (Lipinski definition) is 4. The van der Waals surface area contributed by atoms with Crippen molar-refractivity contribution in [2.45, 2.75) is 39.7 Å². The number of rotatable bonds is 6. The maximum Gasteiger partial charge on any atom is 0.191 e. The predicted molar refractivity (Wildman–Crippen MR) is 124 cm³/mol. The van der Waals surface area contributed by atoms with E-state index in [0.717, 1.165) is 44.3 Å². The van der Waals surface area contributed by atoms with Gasteiger partial charge in [-0.25, -0.2) is 0 Å². The molecule has 1 unspecified atom stereocenters. The third kappa shape index (κ3) is 7.57. The molecule has 8 heteroatoms. The summed E-state index contributed by atoms with van der Waals surface area (Å²) in [6.45, 7) is 13.1. The molecule has 2 heterocycles. The standard InChI is InChI=1S/C19H37N7.HI/c1-15(14-18-16(2)23-25(6)17(18)3)22-19(20-4)21-8-11-26-10-7-9-24(5)12-13-26;/h15H,7-14H2,1-6H3,(H2,20,21,22);1H. The lowest BCUT2D eigenvalue weighted by Gasteiger charge is -2.22. The van der Waals surface area contributed by atoms with E-state index in [1.807, 2.05) is 18.8 Å². The average molecular weight is 491 g/mol. The van der Waals surface area contributed by atoms with Crippen LogP contribution in [0.25, 0.3) is 0 Å². The minimum Gasteiger partial charge on any atom is -0.355 e. The second-order valence-electron chi connectivity index (χ2n) is 7.52. The first kappa shape index (κ1) is 24.2. The molecule has 0 aromatic carbocycles. The molecular formula is C19H38IN7. The van der Waals surface area contributed by atoms with Crippen molar-refractivity contribution in [2.24, 2.45) is 12.0 Å². The van der Waals surface area contributed by atoms with Crippen LogP contribution in [0.15, 0.2) is 4.99 Å². The fraction of sp³-hybridized carbons (Fsp3) is 0.789. The summed E-state index contributed by atoms with van der Waals surface area (Å²) in [7, 11) is 6.05. The number of aromatic nitrogens is 2. The van der Waals surface area contributed by atoms with Crippen molar-refractivity contribution in [2.75, 3.05) is 53.4 Å². The zero-order valence-electron chi connectivity index (χ0n) is 17.9. The van der Waals surface area contributed by atoms with Crippen LogP contribution in [0.5, 0.6) is 0 Å². The van der Waals surface area contributed by atoms with Crippen molar-refractivity contribution in [1.82, 2.24) is 30.2 Å². The van der Waals surface area contributed by atoms with Crippen molar-refractivity contribution in [1.29, 1.82) is 0 Å². The number of likely N-dealkylation sites (N-methyl/N-ethyl adjacent to an activating group) is 1. The van der Waals surface area contributed by atoms with Gasteiger partial charge in [0, 0.05) is 52.0 Å². The van der Waals surface area contributed by atoms with Gasteiger partial charge in [-0.2, -0.15) is 5.10 Å². The molecule has 27 heavy (non-hydrogen) atoms. The van der Waals surface area contributed by atoms with Crippen molar-refractivity contribution in [3.63, 3.8) is 0 Å². The van der Waals surface area contributed by atoms with Gasteiger partial charge in [-0.1, -0.05) is 0 Å². The highest BCUT2D eigenvalue weighted by atomic mass is 127. The van der Waals surface area contributed by atoms with Gasteiger partial charge >= 0.3 is 0 Å². The Kier molecular flexibility index (Phi) is 10.6. The van der Waals surface area contributed by atoms with Crippen LogP contribution in [0, 0.1) is 13.8 Å². The molecule has 0 saturated carbocycles. The van der Waals surface area contributed by atoms with Gasteiger partial charge in [-0.3, -0.25) is 9.67 Å². The summed E-state index contributed by atoms with van der Waals surface area (Å²) in [6.07, 6.45) is 2.20. The lowest BCUT2D eigenvalue weighted by atomic mass is 10.1. The van der Waals surface area contributed by atoms with E-state index in [0.29, 0.717) is 6.04 Å². The highest BCUT2D eigenvalue weighted by molar-refractivity contribution is 14.0. The maximum absolute atomic E-state index is 4.51. The van der Waals surface area contributed by atoms with Crippen LogP contribution < -0.4 is 10.6 Å². The largest absolute Gasteiger partial charge is 0.355 e. The molecule has 156 valence electrons. The van der Waals surface area contributed by atoms with Crippen molar-refractivity contribution < 1.29 is 0 Å². The van der Waals surface area contributed by atoms with Crippen LogP contribution in [0.4, 0.5) is 0 Å². The minimum atomic E-state index is 0. The summed E-state index contributed by atoms with van der Waals surface area (Å²) >= 11 is 0. The minimum absolute atomic E-state index is 0. The molecule has 1 aromatic heterocycles. The lowest BCUT2D eigenvalue weighted by molar-refractivity contribution is 0.280. The third-order valence-electron chi connectivity index (χ3n) is 5.31. The SMILES string of the molecule is CN=C(NCCN1CCCN(C)CC1)NC(C)Cc1c(C)nn(C)c1C.I. The Hall–Kier alpha value is -0.870. The van der Waals surface area contributed by atoms with Gasteiger partial charge in [0.05, 0.1) is 5.69 Å². The molecule has 1 saturated heterocycles. The molecule has 0 aliphatic carbocycles. The summed E-state index contributed by atoms with van der Waals surface area (Å²) in [5.41, 5.74) is 3.69. The van der Waals surface area contributed by atoms with E-state index < -0.39 is 0 Å². The van der Waals surface area contributed by atoms with E-state index in [-0.39, 0.29) is 24.0 Å². The maximum atomic E-state index is 4.51. The number of hydrogen-bond donors (Lipinski definition) is 2. The second kappa shape index (κ2) is 11.9. The van der Waals surface area contributed by atoms with Crippen molar-refractivity contribution in [3.05, 3.63) is 17.0 Å². The average Bonchev–Trinajstić information content (AvgIpc) is 2.76. The summed E-state index contributed by atoms with van der Waals surface area (Å²) in [6, 6.07) is 0.301. The molecule has 7 nitrogen and oxygen atoms in total. The van der Waals surface area contributed by atoms with Gasteiger partial charge in [0.25, 0.3) is 0 Å². The van der Waals surface area contributed by atoms with Gasteiger partial charge in [0.15, 0.2) is 5.96 Å². The van der Waals surface area contributed by atoms with E-state index in [2.05, 4.69) is 58.3 Å². The van der Waals surface area contributed by atoms with E-state index in [4.69, 9.17) is 0 Å². The van der Waals surface area contributed by atoms with Crippen LogP contribution in [-0.4, -0.2) is 84.9 Å². The molecule has 0 amide bonds. The molecule has 1 aliphatic rings. The number of nitrogens with zero attached hydrogens (tertiary/aromatic N) is 5. The van der Waals surface area contributed by atoms with Crippen LogP contribution in [0.3, 0.4) is 0 Å². The Labute approximate surface area is 182 Å². The summed E-state index contributed by atoms with van der Waals surface area (Å²) < 4.78 is 1.96. The lowest BCUT2D eigenvalue weighted by Crippen LogP contribution is -2.45. The van der Waals surface area contributed by atoms with E-state index in [9.17, 15) is 0 Å². The molecule has 0 radical (unpaired) electrons. The van der Waals surface area contributed by atoms with E-state index in [1.54, 1.807) is 0 Å². The molecule has 1 fully saturated rings. The first-order chi connectivity index (χ1) is 12.4. The number of nitrogens with one attached hydrogen (secondary N) is 2. The molecule has 1 atom stereocenters. The van der Waals surface area contributed by atoms with Crippen LogP contribution in [-0.2, 0) is 13.5 Å². The van der Waals surface area contributed by atoms with E-state index >= 15 is 0 Å². The first-order valence-electron chi connectivity index (χ1n) is 9.77. The second-order valence-corrected chi connectivity index (χ2v) is 7.52. The van der Waals surface area contributed by atoms with Crippen LogP contribution in [0.1, 0.15) is 30.3 Å². The predicted octanol–water partition coefficient (Wildman–Crippen LogP) is 1.39. The zero-order valence-corrected chi connectivity index (χ0v) is 20.2. The molecule has 0 bridgehead atoms. The highest BCUT2D eigenvalue weighted by Gasteiger charge is 2.15. The molecule has 1 aromatic rings. The highest BCUT2D eigenvalue weighted by Crippen LogP contribution is 2.14. The summed E-state index contributed by atoms with van der Waals surface area (Å²) in [5.74, 6) is 0.878. The van der Waals surface area contributed by atoms with Crippen molar-refractivity contribution in [3.8, 4) is 0 Å². The van der Waals surface area contributed by atoms with Crippen molar-refractivity contribution >= 4 is 29.9 Å². The quantitative estimate of drug-likeness (QED) is 0.358. The number of aliphatic imine (C=N–C) groups is 1. The molecular weight excluding hydrogens is 453 g/mol. The number of halogens is 1. The monoisotopic (exact) mass is 491 g/mol. The van der Waals surface area contributed by atoms with E-state index in [1.165, 1.54) is 30.8 Å². The zero-order chi connectivity index (χ0) is 19.1.